The number of nitrogens with one attached hydrogen (secondary N) is 1. The molecule has 1 N–H and O–H groups in total. The average Bonchev–Trinajstić information content (AvgIpc) is 2.92. The van der Waals surface area contributed by atoms with Crippen molar-refractivity contribution in [3.8, 4) is 5.75 Å². The molecule has 0 bridgehead atoms. The Kier molecular flexibility index (Phi) is 10.4. The first-order chi connectivity index (χ1) is 18.6. The molecule has 1 unspecified atom stereocenters. The van der Waals surface area contributed by atoms with Crippen LogP contribution in [0.5, 0.6) is 5.75 Å². The predicted octanol–water partition coefficient (Wildman–Crippen LogP) is 4.80. The zero-order valence-corrected chi connectivity index (χ0v) is 24.1. The number of aryl methyl sites for hydroxylation is 1. The normalized spacial score (nSPS) is 11.9. The van der Waals surface area contributed by atoms with E-state index in [1.54, 1.807) is 74.5 Å². The Bertz CT molecular complexity index is 1400. The Morgan fingerprint density at radius 3 is 2.31 bits per heavy atom. The van der Waals surface area contributed by atoms with Crippen LogP contribution in [0.25, 0.3) is 0 Å². The van der Waals surface area contributed by atoms with E-state index in [9.17, 15) is 18.0 Å². The summed E-state index contributed by atoms with van der Waals surface area (Å²) < 4.78 is 34.2. The van der Waals surface area contributed by atoms with Crippen LogP contribution in [0.1, 0.15) is 31.4 Å². The van der Waals surface area contributed by atoms with Crippen LogP contribution in [-0.4, -0.2) is 51.4 Å². The lowest BCUT2D eigenvalue weighted by molar-refractivity contribution is -0.140. The minimum absolute atomic E-state index is 0.0324. The number of likely N-dealkylation sites (N-methyl/N-ethyl adjacent to an activating group) is 1. The Morgan fingerprint density at radius 2 is 1.69 bits per heavy atom. The molecule has 10 heteroatoms. The molecule has 3 aromatic carbocycles. The van der Waals surface area contributed by atoms with E-state index in [0.29, 0.717) is 29.3 Å². The molecule has 0 aliphatic carbocycles. The maximum absolute atomic E-state index is 14.0. The smallest absolute Gasteiger partial charge is 0.264 e. The molecule has 0 heterocycles. The number of rotatable bonds is 12. The Labute approximate surface area is 235 Å². The summed E-state index contributed by atoms with van der Waals surface area (Å²) in [5, 5.41) is 3.22. The van der Waals surface area contributed by atoms with E-state index in [-0.39, 0.29) is 23.0 Å². The number of sulfonamides is 1. The quantitative estimate of drug-likeness (QED) is 0.337. The van der Waals surface area contributed by atoms with Gasteiger partial charge in [0.1, 0.15) is 18.3 Å². The fraction of sp³-hybridized carbons (Fsp3) is 0.310. The molecule has 3 aromatic rings. The van der Waals surface area contributed by atoms with Gasteiger partial charge in [-0.3, -0.25) is 13.9 Å². The van der Waals surface area contributed by atoms with Gasteiger partial charge in [-0.05, 0) is 56.2 Å². The fourth-order valence-corrected chi connectivity index (χ4v) is 5.75. The minimum atomic E-state index is -4.16. The number of ether oxygens (including phenoxy) is 1. The van der Waals surface area contributed by atoms with Gasteiger partial charge in [-0.2, -0.15) is 0 Å². The van der Waals surface area contributed by atoms with Crippen LogP contribution < -0.4 is 14.4 Å². The fourth-order valence-electron chi connectivity index (χ4n) is 4.15. The van der Waals surface area contributed by atoms with Crippen molar-refractivity contribution in [2.45, 2.75) is 44.7 Å². The Hall–Kier alpha value is -3.56. The molecule has 0 fully saturated rings. The van der Waals surface area contributed by atoms with Gasteiger partial charge >= 0.3 is 0 Å². The largest absolute Gasteiger partial charge is 0.497 e. The lowest BCUT2D eigenvalue weighted by Crippen LogP contribution is -2.52. The third kappa shape index (κ3) is 7.30. The highest BCUT2D eigenvalue weighted by molar-refractivity contribution is 7.92. The summed E-state index contributed by atoms with van der Waals surface area (Å²) in [6, 6.07) is 19.1. The lowest BCUT2D eigenvalue weighted by atomic mass is 10.1. The standard InChI is InChI=1S/C29H34ClN3O5S/c1-5-27(29(35)31-6-2)32(19-22-10-7-8-13-26(22)30)28(34)20-33(23-11-9-12-24(18-23)38-4)39(36,37)25-16-14-21(3)15-17-25/h7-18,27H,5-6,19-20H2,1-4H3,(H,31,35). The second-order valence-corrected chi connectivity index (χ2v) is 11.2. The van der Waals surface area contributed by atoms with Crippen molar-refractivity contribution in [3.63, 3.8) is 0 Å². The van der Waals surface area contributed by atoms with Crippen LogP contribution in [0, 0.1) is 6.92 Å². The summed E-state index contributed by atoms with van der Waals surface area (Å²) in [5.74, 6) is -0.438. The second kappa shape index (κ2) is 13.5. The molecule has 0 saturated carbocycles. The van der Waals surface area contributed by atoms with Crippen LogP contribution in [-0.2, 0) is 26.2 Å². The first-order valence-corrected chi connectivity index (χ1v) is 14.5. The van der Waals surface area contributed by atoms with Crippen molar-refractivity contribution >= 4 is 39.1 Å². The summed E-state index contributed by atoms with van der Waals surface area (Å²) in [4.78, 5) is 28.4. The zero-order valence-electron chi connectivity index (χ0n) is 22.6. The van der Waals surface area contributed by atoms with E-state index in [0.717, 1.165) is 9.87 Å². The second-order valence-electron chi connectivity index (χ2n) is 8.96. The van der Waals surface area contributed by atoms with Crippen LogP contribution >= 0.6 is 11.6 Å². The molecule has 3 rings (SSSR count). The van der Waals surface area contributed by atoms with Gasteiger partial charge in [0.25, 0.3) is 10.0 Å². The first kappa shape index (κ1) is 30.0. The van der Waals surface area contributed by atoms with Crippen molar-refractivity contribution in [2.75, 3.05) is 24.5 Å². The van der Waals surface area contributed by atoms with Crippen molar-refractivity contribution < 1.29 is 22.7 Å². The third-order valence-electron chi connectivity index (χ3n) is 6.26. The van der Waals surface area contributed by atoms with Gasteiger partial charge in [-0.25, -0.2) is 8.42 Å². The zero-order chi connectivity index (χ0) is 28.6. The number of nitrogens with zero attached hydrogens (tertiary/aromatic N) is 2. The number of carbonyl (C=O) groups excluding carboxylic acids is 2. The number of methoxy groups -OCH3 is 1. The van der Waals surface area contributed by atoms with Crippen LogP contribution in [0.4, 0.5) is 5.69 Å². The molecule has 8 nitrogen and oxygen atoms in total. The minimum Gasteiger partial charge on any atom is -0.497 e. The van der Waals surface area contributed by atoms with Gasteiger partial charge in [0.2, 0.25) is 11.8 Å². The number of amides is 2. The van der Waals surface area contributed by atoms with E-state index in [1.807, 2.05) is 6.92 Å². The third-order valence-corrected chi connectivity index (χ3v) is 8.42. The molecule has 208 valence electrons. The van der Waals surface area contributed by atoms with E-state index in [4.69, 9.17) is 16.3 Å². The molecule has 39 heavy (non-hydrogen) atoms. The number of hydrogen-bond acceptors (Lipinski definition) is 5. The molecular formula is C29H34ClN3O5S. The van der Waals surface area contributed by atoms with Crippen LogP contribution in [0.2, 0.25) is 5.02 Å². The highest BCUT2D eigenvalue weighted by atomic mass is 35.5. The monoisotopic (exact) mass is 571 g/mol. The van der Waals surface area contributed by atoms with Gasteiger partial charge in [-0.15, -0.1) is 0 Å². The van der Waals surface area contributed by atoms with Gasteiger partial charge in [0, 0.05) is 24.2 Å². The summed E-state index contributed by atoms with van der Waals surface area (Å²) in [5.41, 5.74) is 1.80. The highest BCUT2D eigenvalue weighted by Gasteiger charge is 2.34. The number of benzene rings is 3. The van der Waals surface area contributed by atoms with Gasteiger partial charge in [0.15, 0.2) is 0 Å². The number of carbonyl (C=O) groups is 2. The highest BCUT2D eigenvalue weighted by Crippen LogP contribution is 2.28. The SMILES string of the molecule is CCNC(=O)C(CC)N(Cc1ccccc1Cl)C(=O)CN(c1cccc(OC)c1)S(=O)(=O)c1ccc(C)cc1. The van der Waals surface area contributed by atoms with E-state index >= 15 is 0 Å². The maximum atomic E-state index is 14.0. The molecule has 0 aromatic heterocycles. The molecule has 0 saturated heterocycles. The Balaban J connectivity index is 2.09. The summed E-state index contributed by atoms with van der Waals surface area (Å²) in [7, 11) is -2.69. The molecule has 2 amide bonds. The number of anilines is 1. The van der Waals surface area contributed by atoms with Gasteiger partial charge in [-0.1, -0.05) is 60.5 Å². The molecular weight excluding hydrogens is 538 g/mol. The predicted molar refractivity (Wildman–Crippen MR) is 153 cm³/mol. The van der Waals surface area contributed by atoms with Crippen LogP contribution in [0.15, 0.2) is 77.7 Å². The van der Waals surface area contributed by atoms with Gasteiger partial charge in [0.05, 0.1) is 17.7 Å². The summed E-state index contributed by atoms with van der Waals surface area (Å²) >= 11 is 6.40. The van der Waals surface area contributed by atoms with Gasteiger partial charge < -0.3 is 15.0 Å². The summed E-state index contributed by atoms with van der Waals surface area (Å²) in [6.45, 7) is 5.34. The van der Waals surface area contributed by atoms with Crippen molar-refractivity contribution in [1.82, 2.24) is 10.2 Å². The molecule has 0 aliphatic heterocycles. The molecule has 0 radical (unpaired) electrons. The molecule has 0 aliphatic rings. The molecule has 1 atom stereocenters. The van der Waals surface area contributed by atoms with Crippen molar-refractivity contribution in [1.29, 1.82) is 0 Å². The van der Waals surface area contributed by atoms with Crippen LogP contribution in [0.3, 0.4) is 0 Å². The summed E-state index contributed by atoms with van der Waals surface area (Å²) in [6.07, 6.45) is 0.325. The first-order valence-electron chi connectivity index (χ1n) is 12.7. The number of halogens is 1. The molecule has 0 spiro atoms. The average molecular weight is 572 g/mol. The Morgan fingerprint density at radius 1 is 1.00 bits per heavy atom. The lowest BCUT2D eigenvalue weighted by Gasteiger charge is -2.33. The van der Waals surface area contributed by atoms with E-state index < -0.39 is 28.5 Å². The topological polar surface area (TPSA) is 96.0 Å². The van der Waals surface area contributed by atoms with E-state index in [2.05, 4.69) is 5.32 Å². The number of hydrogen-bond donors (Lipinski definition) is 1. The maximum Gasteiger partial charge on any atom is 0.264 e. The van der Waals surface area contributed by atoms with E-state index in [1.165, 1.54) is 24.1 Å². The van der Waals surface area contributed by atoms with Crippen molar-refractivity contribution in [2.24, 2.45) is 0 Å². The van der Waals surface area contributed by atoms with Crippen molar-refractivity contribution in [3.05, 3.63) is 88.9 Å².